The summed E-state index contributed by atoms with van der Waals surface area (Å²) >= 11 is 0. The third kappa shape index (κ3) is 5.48. The highest BCUT2D eigenvalue weighted by molar-refractivity contribution is 7.92. The van der Waals surface area contributed by atoms with Gasteiger partial charge in [-0.25, -0.2) is 16.8 Å². The average Bonchev–Trinajstić information content (AvgIpc) is 2.72. The summed E-state index contributed by atoms with van der Waals surface area (Å²) in [6.07, 6.45) is 5.79. The molecule has 2 aromatic carbocycles. The van der Waals surface area contributed by atoms with Crippen LogP contribution in [0.3, 0.4) is 0 Å². The summed E-state index contributed by atoms with van der Waals surface area (Å²) in [4.78, 5) is 0.358. The predicted molar refractivity (Wildman–Crippen MR) is 124 cm³/mol. The van der Waals surface area contributed by atoms with Gasteiger partial charge in [-0.15, -0.1) is 0 Å². The number of piperidine rings is 1. The van der Waals surface area contributed by atoms with Gasteiger partial charge in [-0.3, -0.25) is 4.72 Å². The Kier molecular flexibility index (Phi) is 7.44. The number of nitrogens with zero attached hydrogens (tertiary/aromatic N) is 1. The number of rotatable bonds is 8. The Balaban J connectivity index is 1.75. The largest absolute Gasteiger partial charge is 0.280 e. The molecule has 170 valence electrons. The lowest BCUT2D eigenvalue weighted by molar-refractivity contribution is 0.204. The molecule has 0 radical (unpaired) electrons. The highest BCUT2D eigenvalue weighted by Crippen LogP contribution is 2.30. The van der Waals surface area contributed by atoms with E-state index in [-0.39, 0.29) is 21.9 Å². The summed E-state index contributed by atoms with van der Waals surface area (Å²) in [6.45, 7) is 5.99. The summed E-state index contributed by atoms with van der Waals surface area (Å²) in [5.41, 5.74) is 1.44. The molecule has 1 fully saturated rings. The molecule has 0 saturated carbocycles. The zero-order valence-corrected chi connectivity index (χ0v) is 20.0. The van der Waals surface area contributed by atoms with Crippen molar-refractivity contribution in [1.29, 1.82) is 0 Å². The Bertz CT molecular complexity index is 1070. The Morgan fingerprint density at radius 3 is 1.97 bits per heavy atom. The quantitative estimate of drug-likeness (QED) is 0.609. The van der Waals surface area contributed by atoms with Gasteiger partial charge < -0.3 is 0 Å². The van der Waals surface area contributed by atoms with E-state index in [0.717, 1.165) is 44.1 Å². The number of anilines is 1. The van der Waals surface area contributed by atoms with Crippen LogP contribution in [-0.4, -0.2) is 33.2 Å². The molecular weight excluding hydrogens is 432 g/mol. The van der Waals surface area contributed by atoms with E-state index >= 15 is 0 Å². The molecule has 3 rings (SSSR count). The fraction of sp³-hybridized carbons (Fsp3) is 0.478. The summed E-state index contributed by atoms with van der Waals surface area (Å²) in [7, 11) is -7.38. The van der Waals surface area contributed by atoms with Gasteiger partial charge in [0.25, 0.3) is 10.0 Å². The van der Waals surface area contributed by atoms with Crippen LogP contribution >= 0.6 is 0 Å². The first-order chi connectivity index (χ1) is 14.6. The zero-order valence-electron chi connectivity index (χ0n) is 18.4. The molecule has 1 saturated heterocycles. The second-order valence-electron chi connectivity index (χ2n) is 8.34. The first kappa shape index (κ1) is 23.8. The Morgan fingerprint density at radius 1 is 0.871 bits per heavy atom. The minimum absolute atomic E-state index is 0.0489. The summed E-state index contributed by atoms with van der Waals surface area (Å²) in [5.74, 6) is 0. The van der Waals surface area contributed by atoms with E-state index in [0.29, 0.717) is 5.69 Å². The topological polar surface area (TPSA) is 83.5 Å². The van der Waals surface area contributed by atoms with Gasteiger partial charge in [0.2, 0.25) is 10.0 Å². The van der Waals surface area contributed by atoms with E-state index in [1.54, 1.807) is 16.4 Å². The highest BCUT2D eigenvalue weighted by atomic mass is 32.2. The van der Waals surface area contributed by atoms with E-state index in [9.17, 15) is 16.8 Å². The van der Waals surface area contributed by atoms with Crippen LogP contribution in [0.1, 0.15) is 58.4 Å². The number of unbranched alkanes of at least 4 members (excludes halogenated alkanes) is 1. The van der Waals surface area contributed by atoms with Crippen molar-refractivity contribution in [2.45, 2.75) is 81.2 Å². The number of sulfonamides is 2. The molecule has 0 aliphatic carbocycles. The Morgan fingerprint density at radius 2 is 1.42 bits per heavy atom. The minimum atomic E-state index is -3.75. The number of aryl methyl sites for hydroxylation is 1. The second-order valence-corrected chi connectivity index (χ2v) is 11.9. The molecule has 0 unspecified atom stereocenters. The van der Waals surface area contributed by atoms with Gasteiger partial charge >= 0.3 is 0 Å². The predicted octanol–water partition coefficient (Wildman–Crippen LogP) is 4.78. The number of benzene rings is 2. The first-order valence-corrected chi connectivity index (χ1v) is 13.8. The Labute approximate surface area is 186 Å². The van der Waals surface area contributed by atoms with Gasteiger partial charge in [-0.2, -0.15) is 4.31 Å². The molecule has 1 heterocycles. The molecule has 2 aromatic rings. The molecule has 1 aliphatic heterocycles. The van der Waals surface area contributed by atoms with Crippen molar-refractivity contribution in [2.75, 3.05) is 4.72 Å². The van der Waals surface area contributed by atoms with Crippen molar-refractivity contribution in [3.8, 4) is 0 Å². The fourth-order valence-electron chi connectivity index (χ4n) is 4.12. The second kappa shape index (κ2) is 9.71. The molecule has 0 aromatic heterocycles. The molecular formula is C23H32N2O4S2. The van der Waals surface area contributed by atoms with Gasteiger partial charge in [0, 0.05) is 17.8 Å². The maximum atomic E-state index is 13.1. The van der Waals surface area contributed by atoms with E-state index < -0.39 is 20.0 Å². The van der Waals surface area contributed by atoms with Crippen molar-refractivity contribution in [3.05, 3.63) is 54.1 Å². The van der Waals surface area contributed by atoms with Crippen molar-refractivity contribution in [3.63, 3.8) is 0 Å². The van der Waals surface area contributed by atoms with Crippen LogP contribution in [-0.2, 0) is 26.5 Å². The van der Waals surface area contributed by atoms with Crippen molar-refractivity contribution in [2.24, 2.45) is 0 Å². The van der Waals surface area contributed by atoms with Gasteiger partial charge in [0.05, 0.1) is 9.79 Å². The van der Waals surface area contributed by atoms with Gasteiger partial charge in [-0.1, -0.05) is 31.9 Å². The molecule has 0 spiro atoms. The SMILES string of the molecule is CCCCc1ccc(S(=O)(=O)Nc2ccc(S(=O)(=O)N3[C@@H](C)CCC[C@@H]3C)cc2)cc1. The van der Waals surface area contributed by atoms with Crippen LogP contribution in [0.4, 0.5) is 5.69 Å². The van der Waals surface area contributed by atoms with Crippen molar-refractivity contribution >= 4 is 25.7 Å². The van der Waals surface area contributed by atoms with E-state index in [1.807, 2.05) is 26.0 Å². The van der Waals surface area contributed by atoms with Crippen LogP contribution in [0, 0.1) is 0 Å². The van der Waals surface area contributed by atoms with Crippen LogP contribution in [0.5, 0.6) is 0 Å². The van der Waals surface area contributed by atoms with Gasteiger partial charge in [0.1, 0.15) is 0 Å². The highest BCUT2D eigenvalue weighted by Gasteiger charge is 2.35. The number of nitrogens with one attached hydrogen (secondary N) is 1. The molecule has 31 heavy (non-hydrogen) atoms. The zero-order chi connectivity index (χ0) is 22.6. The summed E-state index contributed by atoms with van der Waals surface area (Å²) in [6, 6.07) is 12.7. The summed E-state index contributed by atoms with van der Waals surface area (Å²) in [5, 5.41) is 0. The van der Waals surface area contributed by atoms with Crippen LogP contribution in [0.15, 0.2) is 58.3 Å². The molecule has 1 aliphatic rings. The monoisotopic (exact) mass is 464 g/mol. The molecule has 1 N–H and O–H groups in total. The molecule has 0 amide bonds. The minimum Gasteiger partial charge on any atom is -0.280 e. The summed E-state index contributed by atoms with van der Waals surface area (Å²) < 4.78 is 55.8. The number of hydrogen-bond acceptors (Lipinski definition) is 4. The average molecular weight is 465 g/mol. The van der Waals surface area contributed by atoms with E-state index in [1.165, 1.54) is 24.3 Å². The Hall–Kier alpha value is -1.90. The van der Waals surface area contributed by atoms with E-state index in [2.05, 4.69) is 11.6 Å². The molecule has 0 bridgehead atoms. The van der Waals surface area contributed by atoms with Crippen LogP contribution in [0.25, 0.3) is 0 Å². The smallest absolute Gasteiger partial charge is 0.261 e. The lowest BCUT2D eigenvalue weighted by Gasteiger charge is -2.37. The maximum Gasteiger partial charge on any atom is 0.261 e. The molecule has 8 heteroatoms. The molecule has 6 nitrogen and oxygen atoms in total. The third-order valence-corrected chi connectivity index (χ3v) is 9.39. The normalized spacial score (nSPS) is 20.5. The van der Waals surface area contributed by atoms with Crippen molar-refractivity contribution < 1.29 is 16.8 Å². The third-order valence-electron chi connectivity index (χ3n) is 5.85. The van der Waals surface area contributed by atoms with Gasteiger partial charge in [0.15, 0.2) is 0 Å². The lowest BCUT2D eigenvalue weighted by Crippen LogP contribution is -2.47. The number of hydrogen-bond donors (Lipinski definition) is 1. The van der Waals surface area contributed by atoms with Crippen molar-refractivity contribution in [1.82, 2.24) is 4.31 Å². The first-order valence-electron chi connectivity index (χ1n) is 10.9. The lowest BCUT2D eigenvalue weighted by atomic mass is 10.0. The molecule has 2 atom stereocenters. The van der Waals surface area contributed by atoms with E-state index in [4.69, 9.17) is 0 Å². The fourth-order valence-corrected chi connectivity index (χ4v) is 7.06. The standard InChI is InChI=1S/C23H32N2O4S2/c1-4-5-9-20-10-14-22(15-11-20)30(26,27)24-21-12-16-23(17-13-21)31(28,29)25-18(2)7-6-8-19(25)3/h10-19,24H,4-9H2,1-3H3/t18-,19-/m0/s1. The van der Waals surface area contributed by atoms with Crippen LogP contribution < -0.4 is 4.72 Å². The van der Waals surface area contributed by atoms with Gasteiger partial charge in [-0.05, 0) is 81.5 Å². The van der Waals surface area contributed by atoms with Crippen LogP contribution in [0.2, 0.25) is 0 Å². The maximum absolute atomic E-state index is 13.1.